The lowest BCUT2D eigenvalue weighted by atomic mass is 10.2. The van der Waals surface area contributed by atoms with Crippen LogP contribution in [0.3, 0.4) is 0 Å². The van der Waals surface area contributed by atoms with Gasteiger partial charge in [-0.1, -0.05) is 20.8 Å². The Labute approximate surface area is 79.7 Å². The predicted molar refractivity (Wildman–Crippen MR) is 54.6 cm³/mol. The topological polar surface area (TPSA) is 29.5 Å². The van der Waals surface area contributed by atoms with Crippen molar-refractivity contribution < 1.29 is 9.84 Å². The van der Waals surface area contributed by atoms with Crippen molar-refractivity contribution in [2.45, 2.75) is 32.1 Å². The van der Waals surface area contributed by atoms with Crippen LogP contribution in [0.25, 0.3) is 0 Å². The Bertz CT molecular complexity index is 107. The molecule has 0 aliphatic heterocycles. The Morgan fingerprint density at radius 2 is 1.92 bits per heavy atom. The summed E-state index contributed by atoms with van der Waals surface area (Å²) >= 11 is 1.80. The Morgan fingerprint density at radius 1 is 1.33 bits per heavy atom. The van der Waals surface area contributed by atoms with Crippen molar-refractivity contribution in [2.75, 3.05) is 19.5 Å². The minimum absolute atomic E-state index is 0.318. The van der Waals surface area contributed by atoms with E-state index in [1.54, 1.807) is 18.9 Å². The van der Waals surface area contributed by atoms with Crippen LogP contribution in [0.2, 0.25) is 0 Å². The van der Waals surface area contributed by atoms with Gasteiger partial charge in [-0.15, -0.1) is 0 Å². The lowest BCUT2D eigenvalue weighted by molar-refractivity contribution is 0.0793. The minimum atomic E-state index is -0.318. The minimum Gasteiger partial charge on any atom is -0.390 e. The molecule has 1 N–H and O–H groups in total. The van der Waals surface area contributed by atoms with Gasteiger partial charge in [0, 0.05) is 18.1 Å². The zero-order valence-electron chi connectivity index (χ0n) is 8.41. The van der Waals surface area contributed by atoms with Crippen molar-refractivity contribution in [1.82, 2.24) is 0 Å². The maximum Gasteiger partial charge on any atom is 0.0863 e. The SMILES string of the molecule is COCC(O)CSC(C)C(C)C. The highest BCUT2D eigenvalue weighted by Crippen LogP contribution is 2.19. The molecule has 2 unspecified atom stereocenters. The summed E-state index contributed by atoms with van der Waals surface area (Å²) in [6.07, 6.45) is -0.318. The number of hydrogen-bond acceptors (Lipinski definition) is 3. The van der Waals surface area contributed by atoms with Crippen LogP contribution in [-0.2, 0) is 4.74 Å². The van der Waals surface area contributed by atoms with Crippen molar-refractivity contribution in [3.8, 4) is 0 Å². The summed E-state index contributed by atoms with van der Waals surface area (Å²) in [7, 11) is 1.61. The average molecular weight is 192 g/mol. The summed E-state index contributed by atoms with van der Waals surface area (Å²) < 4.78 is 4.83. The third-order valence-electron chi connectivity index (χ3n) is 1.85. The van der Waals surface area contributed by atoms with Gasteiger partial charge in [0.1, 0.15) is 0 Å². The maximum atomic E-state index is 9.33. The molecule has 3 heteroatoms. The number of thioether (sulfide) groups is 1. The number of methoxy groups -OCH3 is 1. The summed E-state index contributed by atoms with van der Waals surface area (Å²) in [5.41, 5.74) is 0. The van der Waals surface area contributed by atoms with Crippen LogP contribution < -0.4 is 0 Å². The fourth-order valence-electron chi connectivity index (χ4n) is 0.696. The van der Waals surface area contributed by atoms with E-state index in [1.165, 1.54) is 0 Å². The molecule has 0 radical (unpaired) electrons. The fourth-order valence-corrected chi connectivity index (χ4v) is 1.70. The third kappa shape index (κ3) is 5.86. The molecule has 0 aliphatic rings. The van der Waals surface area contributed by atoms with Gasteiger partial charge in [0.25, 0.3) is 0 Å². The highest BCUT2D eigenvalue weighted by Gasteiger charge is 2.10. The smallest absolute Gasteiger partial charge is 0.0863 e. The zero-order valence-corrected chi connectivity index (χ0v) is 9.23. The average Bonchev–Trinajstić information content (AvgIpc) is 2.00. The van der Waals surface area contributed by atoms with Crippen molar-refractivity contribution in [2.24, 2.45) is 5.92 Å². The molecule has 2 nitrogen and oxygen atoms in total. The molecule has 0 heterocycles. The number of hydrogen-bond donors (Lipinski definition) is 1. The number of aliphatic hydroxyl groups excluding tert-OH is 1. The Balaban J connectivity index is 3.40. The van der Waals surface area contributed by atoms with E-state index in [1.807, 2.05) is 0 Å². The van der Waals surface area contributed by atoms with E-state index in [4.69, 9.17) is 4.74 Å². The predicted octanol–water partition coefficient (Wildman–Crippen LogP) is 1.77. The molecule has 0 amide bonds. The summed E-state index contributed by atoms with van der Waals surface area (Å²) in [4.78, 5) is 0. The first kappa shape index (κ1) is 12.3. The van der Waals surface area contributed by atoms with Gasteiger partial charge >= 0.3 is 0 Å². The van der Waals surface area contributed by atoms with E-state index in [9.17, 15) is 5.11 Å². The van der Waals surface area contributed by atoms with Crippen LogP contribution in [0, 0.1) is 5.92 Å². The zero-order chi connectivity index (χ0) is 9.56. The normalized spacial score (nSPS) is 16.5. The highest BCUT2D eigenvalue weighted by molar-refractivity contribution is 7.99. The molecule has 0 rings (SSSR count). The molecular weight excluding hydrogens is 172 g/mol. The third-order valence-corrected chi connectivity index (χ3v) is 3.50. The highest BCUT2D eigenvalue weighted by atomic mass is 32.2. The summed E-state index contributed by atoms with van der Waals surface area (Å²) in [6, 6.07) is 0. The van der Waals surface area contributed by atoms with Crippen LogP contribution >= 0.6 is 11.8 Å². The van der Waals surface area contributed by atoms with Gasteiger partial charge in [-0.25, -0.2) is 0 Å². The van der Waals surface area contributed by atoms with Gasteiger partial charge in [-0.3, -0.25) is 0 Å². The summed E-state index contributed by atoms with van der Waals surface area (Å²) in [5, 5.41) is 9.94. The van der Waals surface area contributed by atoms with Crippen molar-refractivity contribution in [1.29, 1.82) is 0 Å². The maximum absolute atomic E-state index is 9.33. The van der Waals surface area contributed by atoms with Crippen LogP contribution in [0.1, 0.15) is 20.8 Å². The Hall–Kier alpha value is 0.270. The van der Waals surface area contributed by atoms with E-state index in [2.05, 4.69) is 20.8 Å². The first-order valence-electron chi connectivity index (χ1n) is 4.36. The number of rotatable bonds is 6. The van der Waals surface area contributed by atoms with Crippen molar-refractivity contribution in [3.05, 3.63) is 0 Å². The monoisotopic (exact) mass is 192 g/mol. The molecular formula is C9H20O2S. The van der Waals surface area contributed by atoms with Gasteiger partial charge < -0.3 is 9.84 Å². The first-order chi connectivity index (χ1) is 5.57. The van der Waals surface area contributed by atoms with Crippen LogP contribution in [0.4, 0.5) is 0 Å². The first-order valence-corrected chi connectivity index (χ1v) is 5.41. The lowest BCUT2D eigenvalue weighted by Crippen LogP contribution is -2.19. The molecule has 0 spiro atoms. The number of ether oxygens (including phenoxy) is 1. The van der Waals surface area contributed by atoms with Crippen LogP contribution in [0.5, 0.6) is 0 Å². The Morgan fingerprint density at radius 3 is 2.33 bits per heavy atom. The van der Waals surface area contributed by atoms with Gasteiger partial charge in [0.15, 0.2) is 0 Å². The van der Waals surface area contributed by atoms with E-state index >= 15 is 0 Å². The largest absolute Gasteiger partial charge is 0.390 e. The van der Waals surface area contributed by atoms with Gasteiger partial charge in [-0.2, -0.15) is 11.8 Å². The van der Waals surface area contributed by atoms with Gasteiger partial charge in [0.05, 0.1) is 12.7 Å². The molecule has 0 saturated heterocycles. The second-order valence-electron chi connectivity index (χ2n) is 3.39. The van der Waals surface area contributed by atoms with E-state index in [-0.39, 0.29) is 6.10 Å². The molecule has 0 aromatic carbocycles. The number of aliphatic hydroxyl groups is 1. The molecule has 0 aromatic rings. The van der Waals surface area contributed by atoms with Gasteiger partial charge in [-0.05, 0) is 5.92 Å². The molecule has 74 valence electrons. The molecule has 0 saturated carbocycles. The van der Waals surface area contributed by atoms with E-state index < -0.39 is 0 Å². The van der Waals surface area contributed by atoms with Crippen molar-refractivity contribution >= 4 is 11.8 Å². The summed E-state index contributed by atoms with van der Waals surface area (Å²) in [5.74, 6) is 1.44. The van der Waals surface area contributed by atoms with Crippen LogP contribution in [0.15, 0.2) is 0 Å². The molecule has 0 bridgehead atoms. The van der Waals surface area contributed by atoms with E-state index in [0.29, 0.717) is 17.8 Å². The molecule has 2 atom stereocenters. The fraction of sp³-hybridized carbons (Fsp3) is 1.00. The quantitative estimate of drug-likeness (QED) is 0.695. The van der Waals surface area contributed by atoms with Crippen LogP contribution in [-0.4, -0.2) is 35.9 Å². The second-order valence-corrected chi connectivity index (χ2v) is 4.80. The second kappa shape index (κ2) is 6.75. The molecule has 0 aliphatic carbocycles. The molecule has 0 fully saturated rings. The standard InChI is InChI=1S/C9H20O2S/c1-7(2)8(3)12-6-9(10)5-11-4/h7-10H,5-6H2,1-4H3. The lowest BCUT2D eigenvalue weighted by Gasteiger charge is -2.16. The molecule has 12 heavy (non-hydrogen) atoms. The van der Waals surface area contributed by atoms with Gasteiger partial charge in [0.2, 0.25) is 0 Å². The van der Waals surface area contributed by atoms with Crippen molar-refractivity contribution in [3.63, 3.8) is 0 Å². The Kier molecular flexibility index (Phi) is 6.90. The summed E-state index contributed by atoms with van der Waals surface area (Å²) in [6.45, 7) is 7.02. The molecule has 0 aromatic heterocycles. The van der Waals surface area contributed by atoms with E-state index in [0.717, 1.165) is 5.75 Å².